The molecule has 13 heteroatoms. The SMILES string of the molecule is Cc1cc(C2C3=CCC4C(=O)N(c5ccc(C(=O)O)c(O)c5)C(=O)C4C3CC3(Cl)C(=O)N(c4ccc(F)cc4)C(=O)C23Cl)ccc1O. The molecule has 2 aliphatic heterocycles. The zero-order chi connectivity index (χ0) is 33.7. The Morgan fingerprint density at radius 2 is 1.53 bits per heavy atom. The molecule has 6 atom stereocenters. The van der Waals surface area contributed by atoms with Gasteiger partial charge >= 0.3 is 5.97 Å². The van der Waals surface area contributed by atoms with E-state index in [1.807, 2.05) is 0 Å². The molecular weight excluding hydrogens is 654 g/mol. The molecule has 7 rings (SSSR count). The van der Waals surface area contributed by atoms with Crippen LogP contribution in [-0.4, -0.2) is 54.7 Å². The normalized spacial score (nSPS) is 29.8. The fraction of sp³-hybridized carbons (Fsp3) is 0.265. The predicted molar refractivity (Wildman–Crippen MR) is 167 cm³/mol. The number of imide groups is 2. The molecular formula is C34H25Cl2FN2O8. The van der Waals surface area contributed by atoms with E-state index in [1.54, 1.807) is 25.1 Å². The number of phenolic OH excluding ortho intramolecular Hbond substituents is 1. The molecule has 2 heterocycles. The van der Waals surface area contributed by atoms with E-state index in [-0.39, 0.29) is 30.0 Å². The van der Waals surface area contributed by atoms with Crippen LogP contribution in [0.25, 0.3) is 0 Å². The Morgan fingerprint density at radius 3 is 2.17 bits per heavy atom. The number of carbonyl (C=O) groups is 5. The molecule has 240 valence electrons. The summed E-state index contributed by atoms with van der Waals surface area (Å²) >= 11 is 14.7. The van der Waals surface area contributed by atoms with Crippen LogP contribution in [0.1, 0.15) is 40.2 Å². The van der Waals surface area contributed by atoms with E-state index in [1.165, 1.54) is 24.3 Å². The summed E-state index contributed by atoms with van der Waals surface area (Å²) in [4.78, 5) is 65.5. The number of hydrogen-bond acceptors (Lipinski definition) is 7. The Labute approximate surface area is 276 Å². The van der Waals surface area contributed by atoms with Gasteiger partial charge < -0.3 is 15.3 Å². The summed E-state index contributed by atoms with van der Waals surface area (Å²) < 4.78 is 13.8. The van der Waals surface area contributed by atoms with Crippen molar-refractivity contribution in [3.63, 3.8) is 0 Å². The molecule has 47 heavy (non-hydrogen) atoms. The van der Waals surface area contributed by atoms with Gasteiger partial charge in [0.2, 0.25) is 11.8 Å². The number of allylic oxidation sites excluding steroid dienone is 2. The zero-order valence-corrected chi connectivity index (χ0v) is 26.0. The number of phenols is 2. The standard InChI is InChI=1S/C34H25Cl2FN2O8/c1-15-12-16(2-11-24(15)40)27-20-9-10-22-26(29(43)38(28(22)42)19-7-8-21(30(44)45)25(41)13-19)23(20)14-33(35)31(46)39(32(47)34(27,33)36)18-5-3-17(37)4-6-18/h2-9,11-13,22-23,26-27,40-41H,10,14H2,1H3,(H,44,45). The first-order chi connectivity index (χ1) is 22.2. The number of carbonyl (C=O) groups excluding carboxylic acids is 4. The van der Waals surface area contributed by atoms with Gasteiger partial charge in [0.05, 0.1) is 23.2 Å². The molecule has 3 aromatic rings. The van der Waals surface area contributed by atoms with Crippen LogP contribution in [0.3, 0.4) is 0 Å². The first-order valence-corrected chi connectivity index (χ1v) is 15.4. The molecule has 4 aliphatic rings. The second-order valence-corrected chi connectivity index (χ2v) is 13.6. The molecule has 2 aliphatic carbocycles. The van der Waals surface area contributed by atoms with Gasteiger partial charge in [-0.3, -0.25) is 19.2 Å². The highest BCUT2D eigenvalue weighted by atomic mass is 35.5. The highest BCUT2D eigenvalue weighted by Crippen LogP contribution is 2.66. The quantitative estimate of drug-likeness (QED) is 0.198. The van der Waals surface area contributed by atoms with Crippen molar-refractivity contribution in [2.24, 2.45) is 17.8 Å². The Kier molecular flexibility index (Phi) is 6.82. The summed E-state index contributed by atoms with van der Waals surface area (Å²) in [5.41, 5.74) is 1.04. The number of alkyl halides is 2. The molecule has 1 saturated carbocycles. The molecule has 3 N–H and O–H groups in total. The van der Waals surface area contributed by atoms with E-state index in [0.29, 0.717) is 16.7 Å². The maximum absolute atomic E-state index is 14.4. The van der Waals surface area contributed by atoms with Gasteiger partial charge in [-0.1, -0.05) is 23.8 Å². The molecule has 6 unspecified atom stereocenters. The maximum atomic E-state index is 14.4. The fourth-order valence-electron chi connectivity index (χ4n) is 7.73. The number of anilines is 2. The molecule has 2 saturated heterocycles. The number of aromatic carboxylic acids is 1. The lowest BCUT2D eigenvalue weighted by molar-refractivity contribution is -0.125. The van der Waals surface area contributed by atoms with Crippen LogP contribution in [-0.2, 0) is 19.2 Å². The predicted octanol–water partition coefficient (Wildman–Crippen LogP) is 5.01. The summed E-state index contributed by atoms with van der Waals surface area (Å²) in [5, 5.41) is 29.9. The van der Waals surface area contributed by atoms with E-state index >= 15 is 0 Å². The number of rotatable bonds is 4. The fourth-order valence-corrected chi connectivity index (χ4v) is 8.66. The van der Waals surface area contributed by atoms with Crippen LogP contribution in [0.15, 0.2) is 72.3 Å². The van der Waals surface area contributed by atoms with Gasteiger partial charge in [0.15, 0.2) is 9.75 Å². The molecule has 0 spiro atoms. The van der Waals surface area contributed by atoms with Crippen LogP contribution < -0.4 is 9.80 Å². The topological polar surface area (TPSA) is 153 Å². The first-order valence-electron chi connectivity index (χ1n) is 14.7. The zero-order valence-electron chi connectivity index (χ0n) is 24.5. The van der Waals surface area contributed by atoms with Crippen LogP contribution in [0.4, 0.5) is 15.8 Å². The van der Waals surface area contributed by atoms with Crippen molar-refractivity contribution >= 4 is 64.2 Å². The van der Waals surface area contributed by atoms with Gasteiger partial charge in [-0.15, -0.1) is 23.2 Å². The van der Waals surface area contributed by atoms with Gasteiger partial charge in [0.1, 0.15) is 22.9 Å². The van der Waals surface area contributed by atoms with Crippen molar-refractivity contribution in [1.29, 1.82) is 0 Å². The second kappa shape index (κ2) is 10.4. The number of hydrogen-bond donors (Lipinski definition) is 3. The van der Waals surface area contributed by atoms with Crippen LogP contribution in [0, 0.1) is 30.5 Å². The van der Waals surface area contributed by atoms with E-state index in [9.17, 15) is 43.7 Å². The smallest absolute Gasteiger partial charge is 0.339 e. The second-order valence-electron chi connectivity index (χ2n) is 12.3. The van der Waals surface area contributed by atoms with E-state index in [0.717, 1.165) is 34.1 Å². The number of nitrogens with zero attached hydrogens (tertiary/aromatic N) is 2. The third-order valence-corrected chi connectivity index (χ3v) is 11.3. The minimum atomic E-state index is -2.13. The summed E-state index contributed by atoms with van der Waals surface area (Å²) in [5.74, 6) is -9.43. The Balaban J connectivity index is 1.37. The first kappa shape index (κ1) is 30.9. The van der Waals surface area contributed by atoms with Gasteiger partial charge in [-0.2, -0.15) is 0 Å². The summed E-state index contributed by atoms with van der Waals surface area (Å²) in [6.07, 6.45) is 1.53. The molecule has 0 radical (unpaired) electrons. The lowest BCUT2D eigenvalue weighted by Crippen LogP contribution is -2.60. The summed E-state index contributed by atoms with van der Waals surface area (Å²) in [6.45, 7) is 1.65. The third-order valence-electron chi connectivity index (χ3n) is 9.92. The van der Waals surface area contributed by atoms with E-state index < -0.39 is 80.1 Å². The Hall–Kier alpha value is -4.74. The van der Waals surface area contributed by atoms with Gasteiger partial charge in [0.25, 0.3) is 11.8 Å². The maximum Gasteiger partial charge on any atom is 0.339 e. The molecule has 0 aromatic heterocycles. The summed E-state index contributed by atoms with van der Waals surface area (Å²) in [7, 11) is 0. The van der Waals surface area contributed by atoms with Crippen molar-refractivity contribution in [3.05, 3.63) is 94.8 Å². The number of aryl methyl sites for hydroxylation is 1. The third kappa shape index (κ3) is 4.12. The Morgan fingerprint density at radius 1 is 0.851 bits per heavy atom. The van der Waals surface area contributed by atoms with E-state index in [2.05, 4.69) is 0 Å². The van der Waals surface area contributed by atoms with Gasteiger partial charge in [-0.05, 0) is 79.3 Å². The van der Waals surface area contributed by atoms with Crippen LogP contribution >= 0.6 is 23.2 Å². The van der Waals surface area contributed by atoms with Gasteiger partial charge in [0, 0.05) is 12.0 Å². The van der Waals surface area contributed by atoms with Gasteiger partial charge in [-0.25, -0.2) is 19.0 Å². The molecule has 3 fully saturated rings. The van der Waals surface area contributed by atoms with Crippen molar-refractivity contribution < 1.29 is 43.7 Å². The number of halogens is 3. The monoisotopic (exact) mass is 678 g/mol. The minimum Gasteiger partial charge on any atom is -0.508 e. The van der Waals surface area contributed by atoms with E-state index in [4.69, 9.17) is 23.2 Å². The largest absolute Gasteiger partial charge is 0.508 e. The minimum absolute atomic E-state index is 0.0225. The van der Waals surface area contributed by atoms with Crippen molar-refractivity contribution in [3.8, 4) is 11.5 Å². The average molecular weight is 679 g/mol. The molecule has 3 aromatic carbocycles. The van der Waals surface area contributed by atoms with Crippen LogP contribution in [0.2, 0.25) is 0 Å². The molecule has 4 amide bonds. The highest BCUT2D eigenvalue weighted by Gasteiger charge is 2.76. The highest BCUT2D eigenvalue weighted by molar-refractivity contribution is 6.58. The number of aromatic hydroxyl groups is 2. The number of fused-ring (bicyclic) bond motifs is 4. The lowest BCUT2D eigenvalue weighted by Gasteiger charge is -2.50. The number of carboxylic acid groups (broad SMARTS) is 1. The molecule has 10 nitrogen and oxygen atoms in total. The number of carboxylic acids is 1. The van der Waals surface area contributed by atoms with Crippen LogP contribution in [0.5, 0.6) is 11.5 Å². The average Bonchev–Trinajstić information content (AvgIpc) is 3.36. The molecule has 0 bridgehead atoms. The van der Waals surface area contributed by atoms with Crippen molar-refractivity contribution in [2.75, 3.05) is 9.80 Å². The lowest BCUT2D eigenvalue weighted by atomic mass is 9.56. The Bertz CT molecular complexity index is 1980. The number of benzene rings is 3. The van der Waals surface area contributed by atoms with Crippen molar-refractivity contribution in [1.82, 2.24) is 0 Å². The van der Waals surface area contributed by atoms with Crippen molar-refractivity contribution in [2.45, 2.75) is 35.4 Å². The number of amides is 4. The summed E-state index contributed by atoms with van der Waals surface area (Å²) in [6, 6.07) is 12.7.